The number of hydrogen-bond acceptors (Lipinski definition) is 6. The molecule has 0 amide bonds. The highest BCUT2D eigenvalue weighted by Gasteiger charge is 2.26. The van der Waals surface area contributed by atoms with E-state index in [9.17, 15) is 0 Å². The number of fused-ring (bicyclic) bond motifs is 12. The lowest BCUT2D eigenvalue weighted by Crippen LogP contribution is -2.33. The van der Waals surface area contributed by atoms with E-state index in [0.29, 0.717) is 5.84 Å². The van der Waals surface area contributed by atoms with Gasteiger partial charge in [0.1, 0.15) is 34.3 Å². The number of nitrogens with zero attached hydrogens (tertiary/aromatic N) is 2. The SMILES string of the molecule is c1ccc2c(c1)ccc1cc(C3N=C(c4ccc5oc6ccccc6c5c4)N=C(c4ccc(-c5cccc6sc7ccccc7c56)c5oc6ccccc6c45)N3)ccc12. The fourth-order valence-electron chi connectivity index (χ4n) is 9.19. The number of benzene rings is 9. The zero-order chi connectivity index (χ0) is 38.6. The third-order valence-corrected chi connectivity index (χ3v) is 13.1. The first kappa shape index (κ1) is 32.5. The van der Waals surface area contributed by atoms with E-state index in [1.807, 2.05) is 41.7 Å². The standard InChI is InChI=1S/C53H31N3O2S/c1-2-11-34-30(10-1)20-21-31-28-32(22-24-35(31)34)51-54-52(33-23-27-45-42(29-33)36-12-3-6-16-43(36)57-45)56-53(55-51)41-26-25-38(50-49(41)39-13-4-7-17-44(39)58-50)37-15-9-19-47-48(37)40-14-5-8-18-46(40)59-47/h1-29,51H,(H,54,55,56). The predicted octanol–water partition coefficient (Wildman–Crippen LogP) is 14.3. The Labute approximate surface area is 341 Å². The molecule has 3 aromatic heterocycles. The Bertz CT molecular complexity index is 3790. The van der Waals surface area contributed by atoms with Crippen molar-refractivity contribution in [1.82, 2.24) is 5.32 Å². The molecular weight excluding hydrogens is 743 g/mol. The predicted molar refractivity (Wildman–Crippen MR) is 246 cm³/mol. The highest BCUT2D eigenvalue weighted by Crippen LogP contribution is 2.45. The van der Waals surface area contributed by atoms with Gasteiger partial charge in [-0.05, 0) is 93.3 Å². The lowest BCUT2D eigenvalue weighted by Gasteiger charge is -2.24. The Kier molecular flexibility index (Phi) is 6.88. The quantitative estimate of drug-likeness (QED) is 0.181. The smallest absolute Gasteiger partial charge is 0.159 e. The fraction of sp³-hybridized carbons (Fsp3) is 0.0189. The van der Waals surface area contributed by atoms with Crippen LogP contribution < -0.4 is 5.32 Å². The van der Waals surface area contributed by atoms with E-state index in [0.717, 1.165) is 82.9 Å². The van der Waals surface area contributed by atoms with E-state index in [-0.39, 0.29) is 0 Å². The van der Waals surface area contributed by atoms with Crippen LogP contribution in [-0.4, -0.2) is 11.7 Å². The van der Waals surface area contributed by atoms with Gasteiger partial charge in [0.15, 0.2) is 5.84 Å². The molecule has 59 heavy (non-hydrogen) atoms. The van der Waals surface area contributed by atoms with Crippen molar-refractivity contribution in [2.75, 3.05) is 0 Å². The van der Waals surface area contributed by atoms with Gasteiger partial charge in [0.05, 0.1) is 0 Å². The van der Waals surface area contributed by atoms with Crippen LogP contribution in [0.25, 0.3) is 96.7 Å². The minimum atomic E-state index is -0.413. The van der Waals surface area contributed by atoms with Crippen molar-refractivity contribution in [3.8, 4) is 11.1 Å². The van der Waals surface area contributed by atoms with Crippen molar-refractivity contribution in [2.45, 2.75) is 6.17 Å². The average Bonchev–Trinajstić information content (AvgIpc) is 4.00. The van der Waals surface area contributed by atoms with Crippen LogP contribution in [0.5, 0.6) is 0 Å². The van der Waals surface area contributed by atoms with Crippen LogP contribution >= 0.6 is 11.3 Å². The first-order chi connectivity index (χ1) is 29.2. The van der Waals surface area contributed by atoms with Crippen LogP contribution in [0.2, 0.25) is 0 Å². The van der Waals surface area contributed by atoms with E-state index >= 15 is 0 Å². The Hall–Kier alpha value is -7.54. The molecule has 5 nitrogen and oxygen atoms in total. The molecule has 1 atom stereocenters. The molecule has 0 aliphatic carbocycles. The Morgan fingerprint density at radius 1 is 0.458 bits per heavy atom. The zero-order valence-electron chi connectivity index (χ0n) is 31.4. The highest BCUT2D eigenvalue weighted by molar-refractivity contribution is 7.25. The Morgan fingerprint density at radius 2 is 1.17 bits per heavy atom. The molecule has 0 saturated heterocycles. The maximum absolute atomic E-state index is 6.87. The second-order valence-electron chi connectivity index (χ2n) is 15.3. The maximum Gasteiger partial charge on any atom is 0.159 e. The van der Waals surface area contributed by atoms with Gasteiger partial charge in [0.2, 0.25) is 0 Å². The number of para-hydroxylation sites is 2. The van der Waals surface area contributed by atoms with Gasteiger partial charge < -0.3 is 14.2 Å². The van der Waals surface area contributed by atoms with Crippen molar-refractivity contribution >= 4 is 109 Å². The van der Waals surface area contributed by atoms with Gasteiger partial charge in [-0.15, -0.1) is 11.3 Å². The number of hydrogen-bond donors (Lipinski definition) is 1. The molecule has 0 radical (unpaired) electrons. The fourth-order valence-corrected chi connectivity index (χ4v) is 10.3. The molecule has 0 saturated carbocycles. The first-order valence-corrected chi connectivity index (χ1v) is 20.6. The lowest BCUT2D eigenvalue weighted by atomic mass is 9.94. The summed E-state index contributed by atoms with van der Waals surface area (Å²) in [5.74, 6) is 1.38. The topological polar surface area (TPSA) is 63.0 Å². The van der Waals surface area contributed by atoms with Gasteiger partial charge in [-0.2, -0.15) is 0 Å². The summed E-state index contributed by atoms with van der Waals surface area (Å²) in [5, 5.41) is 15.3. The molecule has 9 aromatic carbocycles. The summed E-state index contributed by atoms with van der Waals surface area (Å²) in [4.78, 5) is 10.7. The van der Waals surface area contributed by atoms with Crippen molar-refractivity contribution < 1.29 is 8.83 Å². The monoisotopic (exact) mass is 773 g/mol. The molecule has 0 bridgehead atoms. The Morgan fingerprint density at radius 3 is 2.08 bits per heavy atom. The molecular formula is C53H31N3O2S. The average molecular weight is 774 g/mol. The summed E-state index contributed by atoms with van der Waals surface area (Å²) in [6.45, 7) is 0. The van der Waals surface area contributed by atoms with Gasteiger partial charge in [-0.3, -0.25) is 0 Å². The zero-order valence-corrected chi connectivity index (χ0v) is 32.3. The maximum atomic E-state index is 6.87. The van der Waals surface area contributed by atoms with Gasteiger partial charge >= 0.3 is 0 Å². The van der Waals surface area contributed by atoms with Gasteiger partial charge in [-0.1, -0.05) is 115 Å². The van der Waals surface area contributed by atoms with E-state index in [2.05, 4.69) is 151 Å². The van der Waals surface area contributed by atoms with Crippen LogP contribution in [0.15, 0.2) is 195 Å². The number of rotatable bonds is 4. The summed E-state index contributed by atoms with van der Waals surface area (Å²) in [5.41, 5.74) is 8.48. The summed E-state index contributed by atoms with van der Waals surface area (Å²) in [7, 11) is 0. The van der Waals surface area contributed by atoms with E-state index in [4.69, 9.17) is 18.8 Å². The van der Waals surface area contributed by atoms with Crippen LogP contribution in [0, 0.1) is 0 Å². The molecule has 0 spiro atoms. The molecule has 1 unspecified atom stereocenters. The Balaban J connectivity index is 1.03. The summed E-state index contributed by atoms with van der Waals surface area (Å²) >= 11 is 1.83. The first-order valence-electron chi connectivity index (χ1n) is 19.8. The van der Waals surface area contributed by atoms with E-state index in [1.54, 1.807) is 0 Å². The van der Waals surface area contributed by atoms with Crippen LogP contribution in [0.4, 0.5) is 0 Å². The number of furan rings is 2. The molecule has 13 rings (SSSR count). The summed E-state index contributed by atoms with van der Waals surface area (Å²) in [6.07, 6.45) is -0.413. The van der Waals surface area contributed by atoms with Crippen LogP contribution in [0.3, 0.4) is 0 Å². The van der Waals surface area contributed by atoms with Gasteiger partial charge in [-0.25, -0.2) is 9.98 Å². The molecule has 0 fully saturated rings. The van der Waals surface area contributed by atoms with Crippen LogP contribution in [-0.2, 0) is 0 Å². The second kappa shape index (κ2) is 12.5. The highest BCUT2D eigenvalue weighted by atomic mass is 32.1. The summed E-state index contributed by atoms with van der Waals surface area (Å²) in [6, 6.07) is 62.1. The third kappa shape index (κ3) is 4.97. The molecule has 12 aromatic rings. The van der Waals surface area contributed by atoms with Crippen molar-refractivity contribution in [1.29, 1.82) is 0 Å². The minimum Gasteiger partial charge on any atom is -0.456 e. The van der Waals surface area contributed by atoms with Crippen LogP contribution in [0.1, 0.15) is 22.9 Å². The molecule has 276 valence electrons. The largest absolute Gasteiger partial charge is 0.456 e. The van der Waals surface area contributed by atoms with E-state index < -0.39 is 6.17 Å². The van der Waals surface area contributed by atoms with E-state index in [1.165, 1.54) is 36.3 Å². The minimum absolute atomic E-state index is 0.413. The number of aliphatic imine (C=N–C) groups is 2. The molecule has 1 N–H and O–H groups in total. The number of nitrogens with one attached hydrogen (secondary N) is 1. The van der Waals surface area contributed by atoms with Crippen molar-refractivity contribution in [3.63, 3.8) is 0 Å². The second-order valence-corrected chi connectivity index (χ2v) is 16.4. The van der Waals surface area contributed by atoms with Gasteiger partial charge in [0, 0.05) is 58.4 Å². The van der Waals surface area contributed by atoms with Crippen molar-refractivity contribution in [2.24, 2.45) is 9.98 Å². The lowest BCUT2D eigenvalue weighted by molar-refractivity contribution is 0.668. The van der Waals surface area contributed by atoms with Crippen molar-refractivity contribution in [3.05, 3.63) is 193 Å². The third-order valence-electron chi connectivity index (χ3n) is 11.9. The number of thiophene rings is 1. The molecule has 1 aliphatic heterocycles. The summed E-state index contributed by atoms with van der Waals surface area (Å²) < 4.78 is 15.6. The molecule has 6 heteroatoms. The number of amidine groups is 2. The normalized spacial score (nSPS) is 14.6. The molecule has 4 heterocycles. The molecule has 1 aliphatic rings. The van der Waals surface area contributed by atoms with Gasteiger partial charge in [0.25, 0.3) is 0 Å².